The van der Waals surface area contributed by atoms with Gasteiger partial charge in [-0.15, -0.1) is 0 Å². The molecule has 2 rings (SSSR count). The number of halogens is 1. The summed E-state index contributed by atoms with van der Waals surface area (Å²) in [6.45, 7) is 5.47. The maximum absolute atomic E-state index is 12.6. The number of likely N-dealkylation sites (tertiary alicyclic amines) is 1. The number of carbonyl (C=O) groups is 2. The topological polar surface area (TPSA) is 89.8 Å². The van der Waals surface area contributed by atoms with Crippen molar-refractivity contribution in [3.05, 3.63) is 38.9 Å². The van der Waals surface area contributed by atoms with Crippen LogP contribution in [0.15, 0.2) is 18.2 Å². The van der Waals surface area contributed by atoms with Gasteiger partial charge in [-0.2, -0.15) is 0 Å². The van der Waals surface area contributed by atoms with Crippen LogP contribution in [0.3, 0.4) is 0 Å². The molecule has 1 heterocycles. The summed E-state index contributed by atoms with van der Waals surface area (Å²) in [6, 6.07) is 3.83. The molecule has 0 aromatic heterocycles. The van der Waals surface area contributed by atoms with Gasteiger partial charge < -0.3 is 9.64 Å². The second-order valence-electron chi connectivity index (χ2n) is 6.35. The van der Waals surface area contributed by atoms with Crippen LogP contribution >= 0.6 is 11.6 Å². The zero-order valence-corrected chi connectivity index (χ0v) is 15.2. The molecule has 0 aliphatic carbocycles. The summed E-state index contributed by atoms with van der Waals surface area (Å²) < 4.78 is 5.23. The van der Waals surface area contributed by atoms with E-state index in [-0.39, 0.29) is 34.3 Å². The van der Waals surface area contributed by atoms with Crippen LogP contribution in [0.5, 0.6) is 0 Å². The fourth-order valence-electron chi connectivity index (χ4n) is 3.12. The number of amides is 1. The summed E-state index contributed by atoms with van der Waals surface area (Å²) in [7, 11) is 0. The van der Waals surface area contributed by atoms with Gasteiger partial charge in [0.1, 0.15) is 5.02 Å². The molecule has 0 saturated carbocycles. The SMILES string of the molecule is C[C@@H]1CCC[C@H](C)N1C(=O)[C@@H](C)OC(=O)c1ccc(Cl)c([N+](=O)[O-])c1. The first-order valence-electron chi connectivity index (χ1n) is 8.19. The van der Waals surface area contributed by atoms with E-state index < -0.39 is 17.0 Å². The van der Waals surface area contributed by atoms with E-state index in [0.29, 0.717) is 0 Å². The van der Waals surface area contributed by atoms with Gasteiger partial charge in [-0.05, 0) is 52.2 Å². The summed E-state index contributed by atoms with van der Waals surface area (Å²) in [5.41, 5.74) is -0.399. The Balaban J connectivity index is 2.10. The lowest BCUT2D eigenvalue weighted by atomic mass is 9.97. The van der Waals surface area contributed by atoms with Crippen molar-refractivity contribution in [2.24, 2.45) is 0 Å². The molecule has 0 N–H and O–H groups in total. The molecule has 136 valence electrons. The van der Waals surface area contributed by atoms with Crippen molar-refractivity contribution in [2.75, 3.05) is 0 Å². The average molecular weight is 369 g/mol. The molecule has 0 bridgehead atoms. The van der Waals surface area contributed by atoms with Gasteiger partial charge in [0.15, 0.2) is 6.10 Å². The van der Waals surface area contributed by atoms with Crippen molar-refractivity contribution in [1.82, 2.24) is 4.90 Å². The molecule has 0 radical (unpaired) electrons. The highest BCUT2D eigenvalue weighted by Crippen LogP contribution is 2.26. The van der Waals surface area contributed by atoms with Crippen molar-refractivity contribution in [3.8, 4) is 0 Å². The van der Waals surface area contributed by atoms with Crippen molar-refractivity contribution in [2.45, 2.75) is 58.2 Å². The second kappa shape index (κ2) is 7.82. The monoisotopic (exact) mass is 368 g/mol. The number of nitro groups is 1. The Bertz CT molecular complexity index is 684. The molecule has 1 aromatic carbocycles. The lowest BCUT2D eigenvalue weighted by Crippen LogP contribution is -2.51. The first kappa shape index (κ1) is 19.2. The maximum Gasteiger partial charge on any atom is 0.339 e. The van der Waals surface area contributed by atoms with Crippen molar-refractivity contribution >= 4 is 29.2 Å². The Hall–Kier alpha value is -2.15. The number of nitro benzene ring substituents is 1. The molecule has 3 atom stereocenters. The van der Waals surface area contributed by atoms with Crippen LogP contribution in [0.2, 0.25) is 5.02 Å². The average Bonchev–Trinajstić information content (AvgIpc) is 2.54. The number of esters is 1. The number of nitrogens with zero attached hydrogens (tertiary/aromatic N) is 2. The number of ether oxygens (including phenoxy) is 1. The van der Waals surface area contributed by atoms with Gasteiger partial charge in [0.05, 0.1) is 10.5 Å². The molecule has 1 amide bonds. The van der Waals surface area contributed by atoms with Gasteiger partial charge in [-0.1, -0.05) is 11.6 Å². The molecule has 1 saturated heterocycles. The number of piperidine rings is 1. The number of rotatable bonds is 4. The van der Waals surface area contributed by atoms with Gasteiger partial charge in [0, 0.05) is 18.2 Å². The summed E-state index contributed by atoms with van der Waals surface area (Å²) in [5.74, 6) is -1.05. The van der Waals surface area contributed by atoms with Gasteiger partial charge in [-0.3, -0.25) is 14.9 Å². The number of carbonyl (C=O) groups excluding carboxylic acids is 2. The smallest absolute Gasteiger partial charge is 0.339 e. The minimum Gasteiger partial charge on any atom is -0.449 e. The standard InChI is InChI=1S/C17H21ClN2O5/c1-10-5-4-6-11(2)19(10)16(21)12(3)25-17(22)13-7-8-14(18)15(9-13)20(23)24/h7-12H,4-6H2,1-3H3/t10-,11+,12-/m1/s1. The van der Waals surface area contributed by atoms with Crippen LogP contribution in [0, 0.1) is 10.1 Å². The third kappa shape index (κ3) is 4.28. The highest BCUT2D eigenvalue weighted by Gasteiger charge is 2.33. The van der Waals surface area contributed by atoms with E-state index in [1.807, 2.05) is 13.8 Å². The first-order valence-corrected chi connectivity index (χ1v) is 8.57. The largest absolute Gasteiger partial charge is 0.449 e. The van der Waals surface area contributed by atoms with E-state index >= 15 is 0 Å². The number of benzene rings is 1. The van der Waals surface area contributed by atoms with E-state index in [1.54, 1.807) is 4.90 Å². The predicted octanol–water partition coefficient (Wildman–Crippen LogP) is 3.58. The van der Waals surface area contributed by atoms with E-state index in [0.717, 1.165) is 25.3 Å². The van der Waals surface area contributed by atoms with Gasteiger partial charge in [0.2, 0.25) is 0 Å². The van der Waals surface area contributed by atoms with Crippen LogP contribution in [0.4, 0.5) is 5.69 Å². The maximum atomic E-state index is 12.6. The first-order chi connectivity index (χ1) is 11.7. The minimum absolute atomic E-state index is 0.0181. The molecule has 0 spiro atoms. The Morgan fingerprint density at radius 3 is 2.48 bits per heavy atom. The number of hydrogen-bond donors (Lipinski definition) is 0. The zero-order chi connectivity index (χ0) is 18.7. The molecule has 1 aromatic rings. The molecular formula is C17H21ClN2O5. The Labute approximate surface area is 151 Å². The molecule has 8 heteroatoms. The van der Waals surface area contributed by atoms with Crippen molar-refractivity contribution in [1.29, 1.82) is 0 Å². The Morgan fingerprint density at radius 1 is 1.32 bits per heavy atom. The Kier molecular flexibility index (Phi) is 6.00. The lowest BCUT2D eigenvalue weighted by molar-refractivity contribution is -0.384. The summed E-state index contributed by atoms with van der Waals surface area (Å²) in [5, 5.41) is 10.8. The van der Waals surface area contributed by atoms with E-state index in [4.69, 9.17) is 16.3 Å². The zero-order valence-electron chi connectivity index (χ0n) is 14.4. The fourth-order valence-corrected chi connectivity index (χ4v) is 3.31. The summed E-state index contributed by atoms with van der Waals surface area (Å²) in [6.07, 6.45) is 1.93. The third-order valence-corrected chi connectivity index (χ3v) is 4.78. The molecule has 25 heavy (non-hydrogen) atoms. The molecular weight excluding hydrogens is 348 g/mol. The minimum atomic E-state index is -0.967. The Morgan fingerprint density at radius 2 is 1.92 bits per heavy atom. The van der Waals surface area contributed by atoms with Crippen molar-refractivity contribution in [3.63, 3.8) is 0 Å². The van der Waals surface area contributed by atoms with Crippen LogP contribution in [-0.2, 0) is 9.53 Å². The van der Waals surface area contributed by atoms with E-state index in [2.05, 4.69) is 0 Å². The van der Waals surface area contributed by atoms with Gasteiger partial charge in [-0.25, -0.2) is 4.79 Å². The fraction of sp³-hybridized carbons (Fsp3) is 0.529. The molecule has 7 nitrogen and oxygen atoms in total. The van der Waals surface area contributed by atoms with Gasteiger partial charge >= 0.3 is 5.97 Å². The van der Waals surface area contributed by atoms with E-state index in [9.17, 15) is 19.7 Å². The molecule has 1 fully saturated rings. The van der Waals surface area contributed by atoms with Crippen LogP contribution in [-0.4, -0.2) is 39.9 Å². The van der Waals surface area contributed by atoms with Gasteiger partial charge in [0.25, 0.3) is 11.6 Å². The van der Waals surface area contributed by atoms with Crippen LogP contribution in [0.25, 0.3) is 0 Å². The van der Waals surface area contributed by atoms with Crippen LogP contribution < -0.4 is 0 Å². The normalized spacial score (nSPS) is 21.5. The van der Waals surface area contributed by atoms with E-state index in [1.165, 1.54) is 19.1 Å². The van der Waals surface area contributed by atoms with Crippen molar-refractivity contribution < 1.29 is 19.2 Å². The molecule has 1 aliphatic rings. The number of hydrogen-bond acceptors (Lipinski definition) is 5. The third-order valence-electron chi connectivity index (χ3n) is 4.46. The van der Waals surface area contributed by atoms with Crippen LogP contribution in [0.1, 0.15) is 50.4 Å². The molecule has 1 aliphatic heterocycles. The quantitative estimate of drug-likeness (QED) is 0.460. The lowest BCUT2D eigenvalue weighted by Gasteiger charge is -2.40. The summed E-state index contributed by atoms with van der Waals surface area (Å²) >= 11 is 5.73. The molecule has 0 unspecified atom stereocenters. The second-order valence-corrected chi connectivity index (χ2v) is 6.75. The predicted molar refractivity (Wildman–Crippen MR) is 92.6 cm³/mol. The highest BCUT2D eigenvalue weighted by molar-refractivity contribution is 6.32. The summed E-state index contributed by atoms with van der Waals surface area (Å²) in [4.78, 5) is 36.9. The highest BCUT2D eigenvalue weighted by atomic mass is 35.5.